The van der Waals surface area contributed by atoms with Gasteiger partial charge in [-0.1, -0.05) is 6.92 Å². The van der Waals surface area contributed by atoms with E-state index in [-0.39, 0.29) is 24.2 Å². The Morgan fingerprint density at radius 2 is 1.96 bits per heavy atom. The molecule has 7 heteroatoms. The van der Waals surface area contributed by atoms with Gasteiger partial charge in [-0.3, -0.25) is 14.5 Å². The molecule has 1 N–H and O–H groups in total. The van der Waals surface area contributed by atoms with Crippen LogP contribution in [0.1, 0.15) is 39.0 Å². The average Bonchev–Trinajstić information content (AvgIpc) is 3.27. The van der Waals surface area contributed by atoms with E-state index in [2.05, 4.69) is 11.8 Å². The fourth-order valence-electron chi connectivity index (χ4n) is 4.41. The van der Waals surface area contributed by atoms with Crippen LogP contribution in [0.15, 0.2) is 0 Å². The van der Waals surface area contributed by atoms with Crippen molar-refractivity contribution in [2.24, 2.45) is 5.92 Å². The third kappa shape index (κ3) is 3.27. The minimum Gasteiger partial charge on any atom is -0.480 e. The first-order valence-corrected chi connectivity index (χ1v) is 9.06. The summed E-state index contributed by atoms with van der Waals surface area (Å²) in [5, 5.41) is 9.25. The number of carbonyl (C=O) groups is 3. The maximum absolute atomic E-state index is 12.7. The van der Waals surface area contributed by atoms with E-state index in [9.17, 15) is 19.5 Å². The van der Waals surface area contributed by atoms with Crippen molar-refractivity contribution in [3.8, 4) is 0 Å². The first-order chi connectivity index (χ1) is 11.5. The molecule has 0 aromatic carbocycles. The highest BCUT2D eigenvalue weighted by atomic mass is 16.4. The first-order valence-electron chi connectivity index (χ1n) is 9.06. The highest BCUT2D eigenvalue weighted by molar-refractivity contribution is 5.91. The van der Waals surface area contributed by atoms with Crippen LogP contribution < -0.4 is 0 Å². The summed E-state index contributed by atoms with van der Waals surface area (Å²) in [5.41, 5.74) is 0. The van der Waals surface area contributed by atoms with Crippen LogP contribution in [-0.2, 0) is 14.4 Å². The van der Waals surface area contributed by atoms with E-state index < -0.39 is 12.0 Å². The number of hydrogen-bond acceptors (Lipinski definition) is 4. The summed E-state index contributed by atoms with van der Waals surface area (Å²) in [6, 6.07) is -0.321. The van der Waals surface area contributed by atoms with Crippen molar-refractivity contribution in [3.63, 3.8) is 0 Å². The van der Waals surface area contributed by atoms with Gasteiger partial charge in [0.1, 0.15) is 6.04 Å². The molecule has 7 nitrogen and oxygen atoms in total. The van der Waals surface area contributed by atoms with Crippen LogP contribution in [0.5, 0.6) is 0 Å². The van der Waals surface area contributed by atoms with E-state index in [1.807, 2.05) is 4.90 Å². The zero-order chi connectivity index (χ0) is 17.3. The number of rotatable bonds is 5. The number of aliphatic carboxylic acids is 1. The fraction of sp³-hybridized carbons (Fsp3) is 0.824. The van der Waals surface area contributed by atoms with Crippen molar-refractivity contribution in [3.05, 3.63) is 0 Å². The lowest BCUT2D eigenvalue weighted by molar-refractivity contribution is -0.149. The Hall–Kier alpha value is -1.63. The number of nitrogens with zero attached hydrogens (tertiary/aromatic N) is 3. The highest BCUT2D eigenvalue weighted by Crippen LogP contribution is 2.27. The molecule has 3 heterocycles. The van der Waals surface area contributed by atoms with Crippen molar-refractivity contribution in [2.75, 3.05) is 32.7 Å². The Labute approximate surface area is 142 Å². The molecule has 3 fully saturated rings. The van der Waals surface area contributed by atoms with Crippen molar-refractivity contribution < 1.29 is 19.5 Å². The topological polar surface area (TPSA) is 81.2 Å². The Kier molecular flexibility index (Phi) is 5.08. The molecule has 24 heavy (non-hydrogen) atoms. The lowest BCUT2D eigenvalue weighted by Gasteiger charge is -2.28. The van der Waals surface area contributed by atoms with E-state index in [1.54, 1.807) is 0 Å². The molecule has 3 aliphatic rings. The lowest BCUT2D eigenvalue weighted by atomic mass is 10.1. The van der Waals surface area contributed by atoms with Gasteiger partial charge in [0.05, 0.1) is 5.92 Å². The molecular formula is C17H27N3O4. The van der Waals surface area contributed by atoms with E-state index in [1.165, 1.54) is 4.90 Å². The van der Waals surface area contributed by atoms with Crippen LogP contribution in [0, 0.1) is 5.92 Å². The zero-order valence-electron chi connectivity index (χ0n) is 14.3. The third-order valence-electron chi connectivity index (χ3n) is 5.72. The van der Waals surface area contributed by atoms with E-state index in [0.29, 0.717) is 32.1 Å². The largest absolute Gasteiger partial charge is 0.480 e. The number of carboxylic acids is 1. The van der Waals surface area contributed by atoms with Crippen molar-refractivity contribution >= 4 is 17.8 Å². The number of likely N-dealkylation sites (N-methyl/N-ethyl adjacent to an activating group) is 1. The van der Waals surface area contributed by atoms with Crippen molar-refractivity contribution in [1.82, 2.24) is 14.7 Å². The molecule has 0 radical (unpaired) electrons. The average molecular weight is 337 g/mol. The summed E-state index contributed by atoms with van der Waals surface area (Å²) >= 11 is 0. The molecule has 134 valence electrons. The van der Waals surface area contributed by atoms with E-state index in [0.717, 1.165) is 32.4 Å². The molecule has 2 amide bonds. The molecule has 0 saturated carbocycles. The van der Waals surface area contributed by atoms with Gasteiger partial charge in [-0.05, 0) is 38.8 Å². The Bertz CT molecular complexity index is 524. The fourth-order valence-corrected chi connectivity index (χ4v) is 4.41. The maximum Gasteiger partial charge on any atom is 0.326 e. The van der Waals surface area contributed by atoms with Gasteiger partial charge in [0.15, 0.2) is 0 Å². The molecule has 0 bridgehead atoms. The van der Waals surface area contributed by atoms with Crippen LogP contribution in [0.4, 0.5) is 0 Å². The molecule has 0 aliphatic carbocycles. The van der Waals surface area contributed by atoms with Gasteiger partial charge in [-0.25, -0.2) is 4.79 Å². The van der Waals surface area contributed by atoms with Gasteiger partial charge in [-0.15, -0.1) is 0 Å². The molecule has 0 aromatic rings. The summed E-state index contributed by atoms with van der Waals surface area (Å²) in [6.07, 6.45) is 3.72. The second-order valence-electron chi connectivity index (χ2n) is 7.15. The van der Waals surface area contributed by atoms with Crippen molar-refractivity contribution in [2.45, 2.75) is 51.1 Å². The minimum absolute atomic E-state index is 0.0300. The van der Waals surface area contributed by atoms with Gasteiger partial charge >= 0.3 is 5.97 Å². The van der Waals surface area contributed by atoms with Crippen LogP contribution in [0.2, 0.25) is 0 Å². The molecular weight excluding hydrogens is 310 g/mol. The summed E-state index contributed by atoms with van der Waals surface area (Å²) in [7, 11) is 0. The molecule has 3 atom stereocenters. The molecule has 3 saturated heterocycles. The molecule has 3 rings (SSSR count). The Morgan fingerprint density at radius 3 is 2.67 bits per heavy atom. The van der Waals surface area contributed by atoms with Crippen molar-refractivity contribution in [1.29, 1.82) is 0 Å². The van der Waals surface area contributed by atoms with Gasteiger partial charge in [0.25, 0.3) is 0 Å². The number of carbonyl (C=O) groups excluding carboxylic acids is 2. The molecule has 0 spiro atoms. The summed E-state index contributed by atoms with van der Waals surface area (Å²) < 4.78 is 0. The quantitative estimate of drug-likeness (QED) is 0.785. The third-order valence-corrected chi connectivity index (χ3v) is 5.72. The zero-order valence-corrected chi connectivity index (χ0v) is 14.3. The predicted octanol–water partition coefficient (Wildman–Crippen LogP) is 0.395. The number of hydrogen-bond donors (Lipinski definition) is 1. The van der Waals surface area contributed by atoms with E-state index >= 15 is 0 Å². The SMILES string of the molecule is CCN1CCC[C@@H]1CN1C[C@H](C(=O)N2CCC[C@H]2C(=O)O)CC1=O. The summed E-state index contributed by atoms with van der Waals surface area (Å²) in [6.45, 7) is 5.83. The van der Waals surface area contributed by atoms with E-state index in [4.69, 9.17) is 0 Å². The number of carboxylic acid groups (broad SMARTS) is 1. The molecule has 0 unspecified atom stereocenters. The molecule has 0 aromatic heterocycles. The normalized spacial score (nSPS) is 31.2. The monoisotopic (exact) mass is 337 g/mol. The van der Waals surface area contributed by atoms with Crippen LogP contribution in [-0.4, -0.2) is 82.4 Å². The summed E-state index contributed by atoms with van der Waals surface area (Å²) in [5.74, 6) is -1.45. The second-order valence-corrected chi connectivity index (χ2v) is 7.15. The Morgan fingerprint density at radius 1 is 1.21 bits per heavy atom. The first kappa shape index (κ1) is 17.2. The van der Waals surface area contributed by atoms with Crippen LogP contribution in [0.3, 0.4) is 0 Å². The number of likely N-dealkylation sites (tertiary alicyclic amines) is 3. The van der Waals surface area contributed by atoms with Crippen LogP contribution >= 0.6 is 0 Å². The smallest absolute Gasteiger partial charge is 0.326 e. The predicted molar refractivity (Wildman–Crippen MR) is 87.3 cm³/mol. The Balaban J connectivity index is 1.60. The standard InChI is InChI=1S/C17H27N3O4/c1-2-18-7-3-5-13(18)11-19-10-12(9-15(19)21)16(22)20-8-4-6-14(20)17(23)24/h12-14H,2-11H2,1H3,(H,23,24)/t12-,13-,14+/m1/s1. The van der Waals surface area contributed by atoms with Gasteiger partial charge < -0.3 is 14.9 Å². The molecule has 3 aliphatic heterocycles. The maximum atomic E-state index is 12.7. The van der Waals surface area contributed by atoms with Gasteiger partial charge in [0, 0.05) is 32.1 Å². The lowest BCUT2D eigenvalue weighted by Crippen LogP contribution is -2.45. The minimum atomic E-state index is -0.938. The number of amides is 2. The van der Waals surface area contributed by atoms with Crippen LogP contribution in [0.25, 0.3) is 0 Å². The van der Waals surface area contributed by atoms with Gasteiger partial charge in [0.2, 0.25) is 11.8 Å². The second kappa shape index (κ2) is 7.09. The van der Waals surface area contributed by atoms with Gasteiger partial charge in [-0.2, -0.15) is 0 Å². The highest BCUT2D eigenvalue weighted by Gasteiger charge is 2.42. The summed E-state index contributed by atoms with van der Waals surface area (Å²) in [4.78, 5) is 42.0.